The smallest absolute Gasteiger partial charge is 0.225 e. The molecule has 0 unspecified atom stereocenters. The molecule has 1 amide bonds. The molecule has 2 N–H and O–H groups in total. The van der Waals surface area contributed by atoms with Crippen LogP contribution in [-0.2, 0) is 4.79 Å². The van der Waals surface area contributed by atoms with E-state index in [1.165, 1.54) is 0 Å². The van der Waals surface area contributed by atoms with Gasteiger partial charge >= 0.3 is 0 Å². The summed E-state index contributed by atoms with van der Waals surface area (Å²) in [5.41, 5.74) is 0. The number of nitrogens with one attached hydrogen (secondary N) is 2. The lowest BCUT2D eigenvalue weighted by molar-refractivity contribution is -0.136. The molecule has 0 radical (unpaired) electrons. The highest BCUT2D eigenvalue weighted by Crippen LogP contribution is 2.15. The maximum atomic E-state index is 12.0. The highest BCUT2D eigenvalue weighted by molar-refractivity contribution is 5.79. The number of nitrogens with zero attached hydrogens (tertiary/aromatic N) is 1. The third-order valence-electron chi connectivity index (χ3n) is 3.12. The zero-order valence-corrected chi connectivity index (χ0v) is 8.59. The molecule has 0 aromatic carbocycles. The molecule has 0 aromatic heterocycles. The Morgan fingerprint density at radius 1 is 1.00 bits per heavy atom. The molecule has 14 heavy (non-hydrogen) atoms. The zero-order chi connectivity index (χ0) is 9.80. The second kappa shape index (κ2) is 4.75. The quantitative estimate of drug-likeness (QED) is 0.591. The molecule has 4 nitrogen and oxygen atoms in total. The topological polar surface area (TPSA) is 44.4 Å². The lowest BCUT2D eigenvalue weighted by atomic mass is 9.96. The Kier molecular flexibility index (Phi) is 3.37. The van der Waals surface area contributed by atoms with Crippen molar-refractivity contribution in [3.05, 3.63) is 0 Å². The van der Waals surface area contributed by atoms with Crippen molar-refractivity contribution in [3.63, 3.8) is 0 Å². The molecule has 2 heterocycles. The number of amides is 1. The van der Waals surface area contributed by atoms with E-state index in [0.29, 0.717) is 5.91 Å². The number of hydrogen-bond donors (Lipinski definition) is 2. The van der Waals surface area contributed by atoms with Crippen molar-refractivity contribution in [2.45, 2.75) is 12.8 Å². The van der Waals surface area contributed by atoms with Crippen LogP contribution in [-0.4, -0.2) is 50.1 Å². The van der Waals surface area contributed by atoms with E-state index in [1.807, 2.05) is 4.90 Å². The Hall–Kier alpha value is -0.610. The number of carbonyl (C=O) groups is 1. The second-order valence-electron chi connectivity index (χ2n) is 4.10. The summed E-state index contributed by atoms with van der Waals surface area (Å²) in [6, 6.07) is 0. The monoisotopic (exact) mass is 197 g/mol. The van der Waals surface area contributed by atoms with E-state index < -0.39 is 0 Å². The third kappa shape index (κ3) is 2.25. The van der Waals surface area contributed by atoms with E-state index in [2.05, 4.69) is 10.6 Å². The summed E-state index contributed by atoms with van der Waals surface area (Å²) in [5.74, 6) is 0.669. The van der Waals surface area contributed by atoms with Crippen LogP contribution in [0.4, 0.5) is 0 Å². The minimum atomic E-state index is 0.286. The SMILES string of the molecule is O=C(C1CCNCC1)N1CCNCC1. The fraction of sp³-hybridized carbons (Fsp3) is 0.900. The predicted octanol–water partition coefficient (Wildman–Crippen LogP) is -0.582. The minimum Gasteiger partial charge on any atom is -0.340 e. The molecule has 0 bridgehead atoms. The molecule has 4 heteroatoms. The van der Waals surface area contributed by atoms with E-state index in [9.17, 15) is 4.79 Å². The number of hydrogen-bond acceptors (Lipinski definition) is 3. The Balaban J connectivity index is 1.85. The van der Waals surface area contributed by atoms with E-state index in [1.54, 1.807) is 0 Å². The van der Waals surface area contributed by atoms with Gasteiger partial charge in [0.15, 0.2) is 0 Å². The first-order valence-corrected chi connectivity index (χ1v) is 5.58. The van der Waals surface area contributed by atoms with Crippen LogP contribution in [0.25, 0.3) is 0 Å². The van der Waals surface area contributed by atoms with Gasteiger partial charge in [-0.3, -0.25) is 4.79 Å². The first-order valence-electron chi connectivity index (χ1n) is 5.58. The van der Waals surface area contributed by atoms with Crippen molar-refractivity contribution in [1.82, 2.24) is 15.5 Å². The van der Waals surface area contributed by atoms with E-state index in [0.717, 1.165) is 52.1 Å². The largest absolute Gasteiger partial charge is 0.340 e. The summed E-state index contributed by atoms with van der Waals surface area (Å²) < 4.78 is 0. The van der Waals surface area contributed by atoms with Gasteiger partial charge in [-0.25, -0.2) is 0 Å². The summed E-state index contributed by atoms with van der Waals surface area (Å²) in [6.45, 7) is 5.70. The third-order valence-corrected chi connectivity index (χ3v) is 3.12. The van der Waals surface area contributed by atoms with E-state index in [4.69, 9.17) is 0 Å². The van der Waals surface area contributed by atoms with Crippen LogP contribution in [0.1, 0.15) is 12.8 Å². The Morgan fingerprint density at radius 3 is 2.21 bits per heavy atom. The maximum absolute atomic E-state index is 12.0. The molecule has 0 atom stereocenters. The van der Waals surface area contributed by atoms with Crippen molar-refractivity contribution in [1.29, 1.82) is 0 Å². The molecule has 0 spiro atoms. The molecule has 0 saturated carbocycles. The highest BCUT2D eigenvalue weighted by atomic mass is 16.2. The first kappa shape index (κ1) is 9.93. The van der Waals surface area contributed by atoms with Crippen molar-refractivity contribution in [3.8, 4) is 0 Å². The van der Waals surface area contributed by atoms with E-state index >= 15 is 0 Å². The van der Waals surface area contributed by atoms with Gasteiger partial charge < -0.3 is 15.5 Å². The molecule has 80 valence electrons. The molecule has 2 saturated heterocycles. The standard InChI is InChI=1S/C10H19N3O/c14-10(9-1-3-11-4-2-9)13-7-5-12-6-8-13/h9,11-12H,1-8H2. The van der Waals surface area contributed by atoms with Gasteiger partial charge in [0.25, 0.3) is 0 Å². The van der Waals surface area contributed by atoms with Crippen LogP contribution >= 0.6 is 0 Å². The average Bonchev–Trinajstić information content (AvgIpc) is 2.30. The number of piperidine rings is 1. The van der Waals surface area contributed by atoms with Crippen molar-refractivity contribution in [2.75, 3.05) is 39.3 Å². The van der Waals surface area contributed by atoms with Gasteiger partial charge in [0, 0.05) is 32.1 Å². The summed E-state index contributed by atoms with van der Waals surface area (Å²) >= 11 is 0. The van der Waals surface area contributed by atoms with Crippen LogP contribution in [0, 0.1) is 5.92 Å². The normalized spacial score (nSPS) is 25.0. The molecule has 0 aromatic rings. The van der Waals surface area contributed by atoms with Crippen LogP contribution < -0.4 is 10.6 Å². The van der Waals surface area contributed by atoms with Crippen LogP contribution in [0.5, 0.6) is 0 Å². The van der Waals surface area contributed by atoms with Gasteiger partial charge in [-0.05, 0) is 25.9 Å². The van der Waals surface area contributed by atoms with Gasteiger partial charge in [-0.1, -0.05) is 0 Å². The molecular weight excluding hydrogens is 178 g/mol. The van der Waals surface area contributed by atoms with Gasteiger partial charge in [-0.2, -0.15) is 0 Å². The second-order valence-corrected chi connectivity index (χ2v) is 4.10. The van der Waals surface area contributed by atoms with Crippen LogP contribution in [0.2, 0.25) is 0 Å². The summed E-state index contributed by atoms with van der Waals surface area (Å²) in [5, 5.41) is 6.56. The van der Waals surface area contributed by atoms with Crippen molar-refractivity contribution in [2.24, 2.45) is 5.92 Å². The summed E-state index contributed by atoms with van der Waals surface area (Å²) in [4.78, 5) is 14.0. The zero-order valence-electron chi connectivity index (χ0n) is 8.59. The molecule has 2 aliphatic heterocycles. The fourth-order valence-corrected chi connectivity index (χ4v) is 2.21. The molecular formula is C10H19N3O. The Bertz CT molecular complexity index is 176. The molecule has 0 aliphatic carbocycles. The number of carbonyl (C=O) groups excluding carboxylic acids is 1. The lowest BCUT2D eigenvalue weighted by Gasteiger charge is -2.32. The van der Waals surface area contributed by atoms with Gasteiger partial charge in [0.1, 0.15) is 0 Å². The van der Waals surface area contributed by atoms with Gasteiger partial charge in [0.05, 0.1) is 0 Å². The highest BCUT2D eigenvalue weighted by Gasteiger charge is 2.26. The van der Waals surface area contributed by atoms with Crippen molar-refractivity contribution < 1.29 is 4.79 Å². The van der Waals surface area contributed by atoms with Crippen LogP contribution in [0.3, 0.4) is 0 Å². The molecule has 2 rings (SSSR count). The number of piperazine rings is 1. The molecule has 2 fully saturated rings. The molecule has 2 aliphatic rings. The van der Waals surface area contributed by atoms with Gasteiger partial charge in [0.2, 0.25) is 5.91 Å². The minimum absolute atomic E-state index is 0.286. The first-order chi connectivity index (χ1) is 6.88. The lowest BCUT2D eigenvalue weighted by Crippen LogP contribution is -2.49. The Morgan fingerprint density at radius 2 is 1.57 bits per heavy atom. The average molecular weight is 197 g/mol. The van der Waals surface area contributed by atoms with E-state index in [-0.39, 0.29) is 5.92 Å². The summed E-state index contributed by atoms with van der Waals surface area (Å²) in [6.07, 6.45) is 2.03. The van der Waals surface area contributed by atoms with Crippen molar-refractivity contribution >= 4 is 5.91 Å². The summed E-state index contributed by atoms with van der Waals surface area (Å²) in [7, 11) is 0. The van der Waals surface area contributed by atoms with Crippen LogP contribution in [0.15, 0.2) is 0 Å². The number of rotatable bonds is 1. The predicted molar refractivity (Wildman–Crippen MR) is 55.0 cm³/mol. The fourth-order valence-electron chi connectivity index (χ4n) is 2.21. The van der Waals surface area contributed by atoms with Gasteiger partial charge in [-0.15, -0.1) is 0 Å². The maximum Gasteiger partial charge on any atom is 0.225 e. The Labute approximate surface area is 85.0 Å².